The molecule has 38 heavy (non-hydrogen) atoms. The SMILES string of the molecule is COc1ccc(/C(O)=C2/C(=O)C(=O)N(Cc3cc(C)ccc3C)C2c2ccc(C(C)(C)C)cc2)cc1OC. The molecule has 1 N–H and O–H groups in total. The number of aliphatic hydroxyl groups excluding tert-OH is 1. The Bertz CT molecular complexity index is 1410. The van der Waals surface area contributed by atoms with Crippen molar-refractivity contribution in [2.24, 2.45) is 0 Å². The first-order valence-electron chi connectivity index (χ1n) is 12.6. The van der Waals surface area contributed by atoms with Gasteiger partial charge in [-0.2, -0.15) is 0 Å². The molecule has 0 bridgehead atoms. The fourth-order valence-corrected chi connectivity index (χ4v) is 4.85. The predicted molar refractivity (Wildman–Crippen MR) is 148 cm³/mol. The Morgan fingerprint density at radius 3 is 2.16 bits per heavy atom. The number of carbonyl (C=O) groups excluding carboxylic acids is 2. The van der Waals surface area contributed by atoms with E-state index in [1.54, 1.807) is 23.1 Å². The van der Waals surface area contributed by atoms with Crippen LogP contribution in [0, 0.1) is 13.8 Å². The number of amides is 1. The van der Waals surface area contributed by atoms with E-state index in [1.165, 1.54) is 14.2 Å². The fraction of sp³-hybridized carbons (Fsp3) is 0.312. The molecule has 1 atom stereocenters. The Balaban J connectivity index is 1.89. The van der Waals surface area contributed by atoms with Crippen molar-refractivity contribution in [1.29, 1.82) is 0 Å². The number of likely N-dealkylation sites (tertiary alicyclic amines) is 1. The Kier molecular flexibility index (Phi) is 7.36. The predicted octanol–water partition coefficient (Wildman–Crippen LogP) is 6.24. The molecule has 6 heteroatoms. The summed E-state index contributed by atoms with van der Waals surface area (Å²) in [7, 11) is 3.03. The minimum atomic E-state index is -0.753. The zero-order valence-electron chi connectivity index (χ0n) is 23.1. The number of ketones is 1. The zero-order valence-corrected chi connectivity index (χ0v) is 23.1. The summed E-state index contributed by atoms with van der Waals surface area (Å²) in [5.74, 6) is -0.705. The quantitative estimate of drug-likeness (QED) is 0.240. The van der Waals surface area contributed by atoms with Crippen LogP contribution in [0.25, 0.3) is 5.76 Å². The molecule has 1 unspecified atom stereocenters. The largest absolute Gasteiger partial charge is 0.507 e. The molecule has 4 rings (SSSR count). The highest BCUT2D eigenvalue weighted by molar-refractivity contribution is 6.46. The number of carbonyl (C=O) groups is 2. The average Bonchev–Trinajstić information content (AvgIpc) is 3.14. The molecule has 1 aliphatic heterocycles. The molecular weight excluding hydrogens is 478 g/mol. The van der Waals surface area contributed by atoms with Gasteiger partial charge in [0.15, 0.2) is 11.5 Å². The standard InChI is InChI=1S/C32H35NO5/c1-19-8-9-20(2)23(16-19)18-33-28(21-10-13-24(14-11-21)32(3,4)5)27(30(35)31(33)36)29(34)22-12-15-25(37-6)26(17-22)38-7/h8-17,28,34H,18H2,1-7H3/b29-27-. The summed E-state index contributed by atoms with van der Waals surface area (Å²) < 4.78 is 10.7. The maximum atomic E-state index is 13.5. The highest BCUT2D eigenvalue weighted by atomic mass is 16.5. The summed E-state index contributed by atoms with van der Waals surface area (Å²) in [6, 6.07) is 18.1. The van der Waals surface area contributed by atoms with Crippen LogP contribution < -0.4 is 9.47 Å². The molecule has 198 valence electrons. The van der Waals surface area contributed by atoms with Gasteiger partial charge in [-0.1, -0.05) is 68.8 Å². The first-order valence-corrected chi connectivity index (χ1v) is 12.6. The van der Waals surface area contributed by atoms with Crippen molar-refractivity contribution in [2.75, 3.05) is 14.2 Å². The number of Topliss-reactive ketones (excluding diaryl/α,β-unsaturated/α-hetero) is 1. The first-order chi connectivity index (χ1) is 18.0. The van der Waals surface area contributed by atoms with Gasteiger partial charge in [0.2, 0.25) is 0 Å². The fourth-order valence-electron chi connectivity index (χ4n) is 4.85. The van der Waals surface area contributed by atoms with Crippen LogP contribution in [0.4, 0.5) is 0 Å². The second-order valence-electron chi connectivity index (χ2n) is 10.8. The van der Waals surface area contributed by atoms with Crippen molar-refractivity contribution < 1.29 is 24.2 Å². The van der Waals surface area contributed by atoms with Crippen molar-refractivity contribution in [2.45, 2.75) is 52.6 Å². The van der Waals surface area contributed by atoms with Gasteiger partial charge >= 0.3 is 0 Å². The van der Waals surface area contributed by atoms with E-state index in [-0.39, 0.29) is 23.3 Å². The van der Waals surface area contributed by atoms with Gasteiger partial charge in [-0.05, 0) is 59.7 Å². The third-order valence-electron chi connectivity index (χ3n) is 7.13. The highest BCUT2D eigenvalue weighted by Gasteiger charge is 2.46. The van der Waals surface area contributed by atoms with E-state index in [1.807, 2.05) is 56.3 Å². The lowest BCUT2D eigenvalue weighted by molar-refractivity contribution is -0.140. The number of nitrogens with zero attached hydrogens (tertiary/aromatic N) is 1. The molecule has 1 fully saturated rings. The molecule has 0 aliphatic carbocycles. The zero-order chi connectivity index (χ0) is 27.8. The number of ether oxygens (including phenoxy) is 2. The van der Waals surface area contributed by atoms with Gasteiger partial charge in [0.25, 0.3) is 11.7 Å². The summed E-state index contributed by atoms with van der Waals surface area (Å²) in [6.45, 7) is 10.6. The number of methoxy groups -OCH3 is 2. The summed E-state index contributed by atoms with van der Waals surface area (Å²) >= 11 is 0. The van der Waals surface area contributed by atoms with Gasteiger partial charge in [0.05, 0.1) is 25.8 Å². The Morgan fingerprint density at radius 2 is 1.55 bits per heavy atom. The van der Waals surface area contributed by atoms with Crippen LogP contribution in [0.2, 0.25) is 0 Å². The van der Waals surface area contributed by atoms with Crippen molar-refractivity contribution in [3.8, 4) is 11.5 Å². The van der Waals surface area contributed by atoms with E-state index in [4.69, 9.17) is 9.47 Å². The van der Waals surface area contributed by atoms with Crippen molar-refractivity contribution in [3.05, 3.63) is 99.6 Å². The van der Waals surface area contributed by atoms with Gasteiger partial charge in [-0.15, -0.1) is 0 Å². The van der Waals surface area contributed by atoms with Crippen LogP contribution in [-0.2, 0) is 21.5 Å². The van der Waals surface area contributed by atoms with Crippen LogP contribution in [0.15, 0.2) is 66.2 Å². The second-order valence-corrected chi connectivity index (χ2v) is 10.8. The summed E-state index contributed by atoms with van der Waals surface area (Å²) in [5, 5.41) is 11.5. The van der Waals surface area contributed by atoms with Gasteiger partial charge in [0.1, 0.15) is 5.76 Å². The normalized spacial score (nSPS) is 17.1. The topological polar surface area (TPSA) is 76.1 Å². The van der Waals surface area contributed by atoms with Crippen molar-refractivity contribution >= 4 is 17.4 Å². The van der Waals surface area contributed by atoms with Gasteiger partial charge < -0.3 is 19.5 Å². The summed E-state index contributed by atoms with van der Waals surface area (Å²) in [6.07, 6.45) is 0. The lowest BCUT2D eigenvalue weighted by atomic mass is 9.85. The number of aryl methyl sites for hydroxylation is 2. The third kappa shape index (κ3) is 5.03. The van der Waals surface area contributed by atoms with Crippen LogP contribution in [0.5, 0.6) is 11.5 Å². The molecule has 0 radical (unpaired) electrons. The number of hydrogen-bond donors (Lipinski definition) is 1. The minimum Gasteiger partial charge on any atom is -0.507 e. The number of rotatable bonds is 6. The van der Waals surface area contributed by atoms with Gasteiger partial charge in [0, 0.05) is 12.1 Å². The molecule has 0 aromatic heterocycles. The van der Waals surface area contributed by atoms with E-state index in [2.05, 4.69) is 20.8 Å². The first kappa shape index (κ1) is 27.0. The molecule has 0 spiro atoms. The lowest BCUT2D eigenvalue weighted by Crippen LogP contribution is -2.29. The van der Waals surface area contributed by atoms with Gasteiger partial charge in [-0.3, -0.25) is 9.59 Å². The van der Waals surface area contributed by atoms with Crippen LogP contribution in [0.3, 0.4) is 0 Å². The molecule has 6 nitrogen and oxygen atoms in total. The highest BCUT2D eigenvalue weighted by Crippen LogP contribution is 2.42. The van der Waals surface area contributed by atoms with Crippen LogP contribution >= 0.6 is 0 Å². The average molecular weight is 514 g/mol. The maximum Gasteiger partial charge on any atom is 0.295 e. The summed E-state index contributed by atoms with van der Waals surface area (Å²) in [4.78, 5) is 28.5. The van der Waals surface area contributed by atoms with E-state index >= 15 is 0 Å². The molecular formula is C32H35NO5. The van der Waals surface area contributed by atoms with Crippen LogP contribution in [0.1, 0.15) is 60.2 Å². The maximum absolute atomic E-state index is 13.5. The second kappa shape index (κ2) is 10.4. The van der Waals surface area contributed by atoms with Crippen LogP contribution in [-0.4, -0.2) is 35.9 Å². The van der Waals surface area contributed by atoms with E-state index in [9.17, 15) is 14.7 Å². The van der Waals surface area contributed by atoms with Gasteiger partial charge in [-0.25, -0.2) is 0 Å². The Labute approximate surface area is 224 Å². The van der Waals surface area contributed by atoms with E-state index in [0.717, 1.165) is 27.8 Å². The molecule has 1 amide bonds. The van der Waals surface area contributed by atoms with E-state index in [0.29, 0.717) is 17.1 Å². The number of benzene rings is 3. The smallest absolute Gasteiger partial charge is 0.295 e. The molecule has 3 aromatic carbocycles. The van der Waals surface area contributed by atoms with Crippen molar-refractivity contribution in [1.82, 2.24) is 4.90 Å². The molecule has 0 saturated carbocycles. The number of hydrogen-bond acceptors (Lipinski definition) is 5. The number of aliphatic hydroxyl groups is 1. The molecule has 1 saturated heterocycles. The Morgan fingerprint density at radius 1 is 0.895 bits per heavy atom. The summed E-state index contributed by atoms with van der Waals surface area (Å²) in [5.41, 5.74) is 5.29. The lowest BCUT2D eigenvalue weighted by Gasteiger charge is -2.27. The molecule has 1 aliphatic rings. The molecule has 1 heterocycles. The third-order valence-corrected chi connectivity index (χ3v) is 7.13. The van der Waals surface area contributed by atoms with E-state index < -0.39 is 17.7 Å². The minimum absolute atomic E-state index is 0.0519. The monoisotopic (exact) mass is 513 g/mol. The molecule has 3 aromatic rings. The van der Waals surface area contributed by atoms with Crippen molar-refractivity contribution in [3.63, 3.8) is 0 Å². The Hall–Kier alpha value is -4.06.